The number of nitrogens with one attached hydrogen (secondary N) is 3. The number of anilines is 2. The smallest absolute Gasteiger partial charge is 0.221 e. The molecule has 0 unspecified atom stereocenters. The summed E-state index contributed by atoms with van der Waals surface area (Å²) in [5.74, 6) is -0.0552. The summed E-state index contributed by atoms with van der Waals surface area (Å²) >= 11 is 0. The Hall–Kier alpha value is -4.85. The van der Waals surface area contributed by atoms with E-state index in [0.717, 1.165) is 17.9 Å². The Kier molecular flexibility index (Phi) is 17.3. The summed E-state index contributed by atoms with van der Waals surface area (Å²) < 4.78 is 9.09. The Labute approximate surface area is 287 Å². The second kappa shape index (κ2) is 21.1. The van der Waals surface area contributed by atoms with E-state index in [9.17, 15) is 4.79 Å². The number of hydrogen-bond donors (Lipinski definition) is 3. The molecule has 7 nitrogen and oxygen atoms in total. The molecule has 256 valence electrons. The summed E-state index contributed by atoms with van der Waals surface area (Å²) in [6.45, 7) is 17.5. The molecular weight excluding hydrogens is 594 g/mol. The second-order valence-corrected chi connectivity index (χ2v) is 10.5. The van der Waals surface area contributed by atoms with Crippen LogP contribution in [0.3, 0.4) is 0 Å². The number of fused-ring (bicyclic) bond motifs is 2. The molecule has 0 saturated carbocycles. The van der Waals surface area contributed by atoms with Crippen molar-refractivity contribution < 1.29 is 9.53 Å². The van der Waals surface area contributed by atoms with Crippen LogP contribution in [0.15, 0.2) is 109 Å². The fraction of sp³-hybridized carbons (Fsp3) is 0.293. The first-order valence-corrected chi connectivity index (χ1v) is 16.9. The SMILES string of the molecule is CC.CC.CC(=O)Nc1ccc(-n2c(C)cc3ccccc32)cc1.CCNc1ccc(-n2c(C)cc3ccccc32)cc1.CNCOC. The van der Waals surface area contributed by atoms with E-state index in [-0.39, 0.29) is 5.91 Å². The fourth-order valence-electron chi connectivity index (χ4n) is 5.24. The van der Waals surface area contributed by atoms with Gasteiger partial charge in [0.15, 0.2) is 0 Å². The van der Waals surface area contributed by atoms with Gasteiger partial charge in [0, 0.05) is 65.5 Å². The number of carbonyl (C=O) groups is 1. The highest BCUT2D eigenvalue weighted by molar-refractivity contribution is 5.89. The van der Waals surface area contributed by atoms with Crippen molar-refractivity contribution in [2.75, 3.05) is 38.1 Å². The van der Waals surface area contributed by atoms with Gasteiger partial charge in [-0.2, -0.15) is 0 Å². The number of methoxy groups -OCH3 is 1. The van der Waals surface area contributed by atoms with Gasteiger partial charge in [0.25, 0.3) is 0 Å². The Bertz CT molecular complexity index is 1780. The monoisotopic (exact) mass is 649 g/mol. The average molecular weight is 650 g/mol. The first kappa shape index (κ1) is 39.3. The second-order valence-electron chi connectivity index (χ2n) is 10.5. The van der Waals surface area contributed by atoms with E-state index >= 15 is 0 Å². The zero-order valence-electron chi connectivity index (χ0n) is 30.5. The molecule has 2 aromatic heterocycles. The molecule has 3 N–H and O–H groups in total. The molecule has 7 heteroatoms. The summed E-state index contributed by atoms with van der Waals surface area (Å²) in [4.78, 5) is 11.0. The van der Waals surface area contributed by atoms with Gasteiger partial charge in [-0.3, -0.25) is 10.1 Å². The van der Waals surface area contributed by atoms with Gasteiger partial charge in [-0.05, 0) is 101 Å². The van der Waals surface area contributed by atoms with E-state index < -0.39 is 0 Å². The van der Waals surface area contributed by atoms with Crippen LogP contribution in [0.2, 0.25) is 0 Å². The van der Waals surface area contributed by atoms with Gasteiger partial charge < -0.3 is 24.5 Å². The van der Waals surface area contributed by atoms with E-state index in [1.54, 1.807) is 7.11 Å². The van der Waals surface area contributed by atoms with Gasteiger partial charge in [-0.25, -0.2) is 0 Å². The Morgan fingerprint density at radius 1 is 0.667 bits per heavy atom. The van der Waals surface area contributed by atoms with Crippen LogP contribution in [-0.4, -0.2) is 42.5 Å². The standard InChI is InChI=1S/C17H16N2O.C17H18N2.C3H9NO.2C2H6/c1-12-11-14-5-3-4-6-17(14)19(12)16-9-7-15(8-10-16)18-13(2)20;1-3-18-15-8-10-16(11-9-15)19-13(2)12-14-6-4-5-7-17(14)19;1-4-3-5-2;2*1-2/h3-11H,1-2H3,(H,18,20);4-12,18H,3H2,1-2H3;4H,3H2,1-2H3;2*1-2H3. The summed E-state index contributed by atoms with van der Waals surface area (Å²) in [6, 6.07) is 37.7. The third-order valence-corrected chi connectivity index (χ3v) is 7.03. The average Bonchev–Trinajstić information content (AvgIpc) is 3.63. The number of aromatic nitrogens is 2. The number of para-hydroxylation sites is 2. The first-order chi connectivity index (χ1) is 23.4. The number of amides is 1. The summed E-state index contributed by atoms with van der Waals surface area (Å²) in [6.07, 6.45) is 0. The maximum absolute atomic E-state index is 11.0. The van der Waals surface area contributed by atoms with E-state index in [0.29, 0.717) is 6.73 Å². The number of benzene rings is 4. The lowest BCUT2D eigenvalue weighted by Gasteiger charge is -2.10. The highest BCUT2D eigenvalue weighted by atomic mass is 16.5. The molecular formula is C41H55N5O2. The van der Waals surface area contributed by atoms with Crippen molar-refractivity contribution in [1.29, 1.82) is 0 Å². The number of carbonyl (C=O) groups excluding carboxylic acids is 1. The van der Waals surface area contributed by atoms with Crippen LogP contribution in [0, 0.1) is 13.8 Å². The minimum Gasteiger partial charge on any atom is -0.385 e. The third-order valence-electron chi connectivity index (χ3n) is 7.03. The van der Waals surface area contributed by atoms with E-state index in [1.807, 2.05) is 71.1 Å². The van der Waals surface area contributed by atoms with Crippen LogP contribution in [0.1, 0.15) is 52.9 Å². The predicted molar refractivity (Wildman–Crippen MR) is 208 cm³/mol. The van der Waals surface area contributed by atoms with Gasteiger partial charge in [-0.1, -0.05) is 64.1 Å². The molecule has 0 aliphatic carbocycles. The molecule has 6 aromatic rings. The van der Waals surface area contributed by atoms with Gasteiger partial charge >= 0.3 is 0 Å². The van der Waals surface area contributed by atoms with Crippen molar-refractivity contribution in [2.45, 2.75) is 55.4 Å². The quantitative estimate of drug-likeness (QED) is 0.151. The molecule has 0 bridgehead atoms. The van der Waals surface area contributed by atoms with Crippen LogP contribution < -0.4 is 16.0 Å². The van der Waals surface area contributed by atoms with Crippen LogP contribution in [-0.2, 0) is 9.53 Å². The molecule has 1 amide bonds. The molecule has 2 heterocycles. The molecule has 0 saturated heterocycles. The van der Waals surface area contributed by atoms with Gasteiger partial charge in [-0.15, -0.1) is 0 Å². The highest BCUT2D eigenvalue weighted by Gasteiger charge is 2.08. The Morgan fingerprint density at radius 2 is 1.08 bits per heavy atom. The lowest BCUT2D eigenvalue weighted by atomic mass is 10.2. The van der Waals surface area contributed by atoms with Crippen molar-refractivity contribution in [3.63, 3.8) is 0 Å². The number of rotatable bonds is 7. The number of aryl methyl sites for hydroxylation is 2. The van der Waals surface area contributed by atoms with E-state index in [4.69, 9.17) is 0 Å². The lowest BCUT2D eigenvalue weighted by molar-refractivity contribution is -0.114. The lowest BCUT2D eigenvalue weighted by Crippen LogP contribution is -2.08. The fourth-order valence-corrected chi connectivity index (χ4v) is 5.24. The molecule has 6 rings (SSSR count). The summed E-state index contributed by atoms with van der Waals surface area (Å²) in [7, 11) is 3.49. The summed E-state index contributed by atoms with van der Waals surface area (Å²) in [5.41, 5.74) is 9.19. The molecule has 0 fully saturated rings. The number of nitrogens with zero attached hydrogens (tertiary/aromatic N) is 2. The Balaban J connectivity index is 0.000000269. The zero-order valence-corrected chi connectivity index (χ0v) is 30.5. The van der Waals surface area contributed by atoms with Crippen molar-refractivity contribution in [3.8, 4) is 11.4 Å². The largest absolute Gasteiger partial charge is 0.385 e. The van der Waals surface area contributed by atoms with Crippen molar-refractivity contribution in [3.05, 3.63) is 121 Å². The van der Waals surface area contributed by atoms with Crippen molar-refractivity contribution in [2.24, 2.45) is 0 Å². The van der Waals surface area contributed by atoms with Crippen LogP contribution in [0.25, 0.3) is 33.2 Å². The maximum atomic E-state index is 11.0. The number of hydrogen-bond acceptors (Lipinski definition) is 4. The molecule has 0 radical (unpaired) electrons. The normalized spacial score (nSPS) is 9.88. The molecule has 0 aliphatic heterocycles. The minimum absolute atomic E-state index is 0.0552. The maximum Gasteiger partial charge on any atom is 0.221 e. The van der Waals surface area contributed by atoms with Crippen molar-refractivity contribution >= 4 is 39.1 Å². The molecule has 0 spiro atoms. The predicted octanol–water partition coefficient (Wildman–Crippen LogP) is 10.1. The Morgan fingerprint density at radius 3 is 1.44 bits per heavy atom. The summed E-state index contributed by atoms with van der Waals surface area (Å²) in [5, 5.41) is 11.4. The number of ether oxygens (including phenoxy) is 1. The van der Waals surface area contributed by atoms with E-state index in [2.05, 4.69) is 123 Å². The molecule has 48 heavy (non-hydrogen) atoms. The topological polar surface area (TPSA) is 72.2 Å². The van der Waals surface area contributed by atoms with Gasteiger partial charge in [0.1, 0.15) is 0 Å². The molecule has 0 aliphatic rings. The molecule has 4 aromatic carbocycles. The van der Waals surface area contributed by atoms with Gasteiger partial charge in [0.2, 0.25) is 5.91 Å². The zero-order chi connectivity index (χ0) is 35.5. The van der Waals surface area contributed by atoms with E-state index in [1.165, 1.54) is 51.5 Å². The van der Waals surface area contributed by atoms with Crippen LogP contribution >= 0.6 is 0 Å². The first-order valence-electron chi connectivity index (χ1n) is 16.9. The van der Waals surface area contributed by atoms with Gasteiger partial charge in [0.05, 0.1) is 17.8 Å². The van der Waals surface area contributed by atoms with Crippen LogP contribution in [0.4, 0.5) is 11.4 Å². The van der Waals surface area contributed by atoms with Crippen LogP contribution in [0.5, 0.6) is 0 Å². The highest BCUT2D eigenvalue weighted by Crippen LogP contribution is 2.26. The minimum atomic E-state index is -0.0552. The third kappa shape index (κ3) is 10.9. The van der Waals surface area contributed by atoms with Crippen molar-refractivity contribution in [1.82, 2.24) is 14.5 Å². The molecule has 0 atom stereocenters.